The molecular formula is C16H19ClN2O. The van der Waals surface area contributed by atoms with Crippen molar-refractivity contribution >= 4 is 17.4 Å². The molecule has 0 unspecified atom stereocenters. The molecule has 1 heterocycles. The fraction of sp³-hybridized carbons (Fsp3) is 0.375. The number of hydrogen-bond acceptors (Lipinski definition) is 2. The van der Waals surface area contributed by atoms with Crippen LogP contribution in [0.25, 0.3) is 0 Å². The molecule has 1 aromatic carbocycles. The number of ketones is 1. The highest BCUT2D eigenvalue weighted by Crippen LogP contribution is 2.20. The monoisotopic (exact) mass is 290 g/mol. The maximum Gasteiger partial charge on any atom is 0.170 e. The Morgan fingerprint density at radius 2 is 2.05 bits per heavy atom. The fourth-order valence-corrected chi connectivity index (χ4v) is 2.55. The molecule has 0 bridgehead atoms. The number of benzene rings is 1. The number of hydrogen-bond donors (Lipinski definition) is 0. The molecule has 4 heteroatoms. The Bertz CT molecular complexity index is 631. The molecule has 0 radical (unpaired) electrons. The lowest BCUT2D eigenvalue weighted by molar-refractivity contribution is 0.0990. The lowest BCUT2D eigenvalue weighted by Crippen LogP contribution is -2.10. The maximum atomic E-state index is 12.4. The summed E-state index contributed by atoms with van der Waals surface area (Å²) in [5.74, 6) is 0.0345. The molecule has 0 aliphatic heterocycles. The van der Waals surface area contributed by atoms with Crippen molar-refractivity contribution in [2.24, 2.45) is 0 Å². The molecular weight excluding hydrogens is 272 g/mol. The van der Waals surface area contributed by atoms with Crippen LogP contribution in [0, 0.1) is 6.92 Å². The Kier molecular flexibility index (Phi) is 4.61. The summed E-state index contributed by atoms with van der Waals surface area (Å²) in [5, 5.41) is 4.98. The summed E-state index contributed by atoms with van der Waals surface area (Å²) in [4.78, 5) is 12.4. The van der Waals surface area contributed by atoms with Gasteiger partial charge in [0.05, 0.1) is 17.1 Å². The van der Waals surface area contributed by atoms with Crippen LogP contribution in [0.2, 0.25) is 5.02 Å². The third-order valence-corrected chi connectivity index (χ3v) is 3.66. The minimum atomic E-state index is 0.0345. The lowest BCUT2D eigenvalue weighted by atomic mass is 10.0. The molecule has 106 valence electrons. The second-order valence-corrected chi connectivity index (χ2v) is 5.29. The van der Waals surface area contributed by atoms with Gasteiger partial charge in [0.1, 0.15) is 0 Å². The van der Waals surface area contributed by atoms with Crippen molar-refractivity contribution in [1.29, 1.82) is 0 Å². The predicted molar refractivity (Wildman–Crippen MR) is 81.5 cm³/mol. The Hall–Kier alpha value is -1.61. The van der Waals surface area contributed by atoms with E-state index >= 15 is 0 Å². The molecule has 1 aromatic heterocycles. The highest BCUT2D eigenvalue weighted by Gasteiger charge is 2.14. The molecule has 0 fully saturated rings. The van der Waals surface area contributed by atoms with Crippen molar-refractivity contribution in [3.05, 3.63) is 51.8 Å². The van der Waals surface area contributed by atoms with Gasteiger partial charge in [-0.15, -0.1) is 0 Å². The molecule has 20 heavy (non-hydrogen) atoms. The minimum absolute atomic E-state index is 0.0345. The Balaban J connectivity index is 2.25. The van der Waals surface area contributed by atoms with Gasteiger partial charge in [-0.1, -0.05) is 24.6 Å². The first kappa shape index (κ1) is 14.8. The molecule has 0 saturated heterocycles. The zero-order valence-electron chi connectivity index (χ0n) is 12.1. The number of carbonyl (C=O) groups excluding carboxylic acids is 1. The molecule has 0 N–H and O–H groups in total. The summed E-state index contributed by atoms with van der Waals surface area (Å²) in [6, 6.07) is 7.54. The molecule has 0 saturated carbocycles. The third-order valence-electron chi connectivity index (χ3n) is 3.34. The maximum absolute atomic E-state index is 12.4. The van der Waals surface area contributed by atoms with E-state index in [4.69, 9.17) is 11.6 Å². The number of rotatable bonds is 5. The van der Waals surface area contributed by atoms with Crippen molar-refractivity contribution < 1.29 is 4.79 Å². The van der Waals surface area contributed by atoms with Crippen LogP contribution in [0.1, 0.15) is 41.2 Å². The number of aryl methyl sites for hydroxylation is 3. The van der Waals surface area contributed by atoms with Crippen LogP contribution in [0.3, 0.4) is 0 Å². The first-order valence-electron chi connectivity index (χ1n) is 6.90. The lowest BCUT2D eigenvalue weighted by Gasteiger charge is -2.06. The number of halogens is 1. The second kappa shape index (κ2) is 6.23. The first-order chi connectivity index (χ1) is 9.55. The van der Waals surface area contributed by atoms with Gasteiger partial charge in [0.2, 0.25) is 0 Å². The summed E-state index contributed by atoms with van der Waals surface area (Å²) in [6.45, 7) is 6.81. The van der Waals surface area contributed by atoms with Gasteiger partial charge in [-0.25, -0.2) is 0 Å². The van der Waals surface area contributed by atoms with E-state index in [2.05, 4.69) is 12.0 Å². The molecule has 0 spiro atoms. The van der Waals surface area contributed by atoms with Crippen molar-refractivity contribution in [3.63, 3.8) is 0 Å². The zero-order chi connectivity index (χ0) is 14.7. The predicted octanol–water partition coefficient (Wildman–Crippen LogP) is 3.85. The van der Waals surface area contributed by atoms with Gasteiger partial charge in [0.15, 0.2) is 5.78 Å². The van der Waals surface area contributed by atoms with Crippen LogP contribution >= 0.6 is 11.6 Å². The number of Topliss-reactive ketones (excluding diaryl/α,β-unsaturated/α-hetero) is 1. The van der Waals surface area contributed by atoms with Gasteiger partial charge in [0, 0.05) is 17.8 Å². The van der Waals surface area contributed by atoms with Crippen LogP contribution in [-0.4, -0.2) is 15.6 Å². The summed E-state index contributed by atoms with van der Waals surface area (Å²) < 4.78 is 1.89. The van der Waals surface area contributed by atoms with Crippen LogP contribution in [0.15, 0.2) is 24.3 Å². The van der Waals surface area contributed by atoms with Crippen molar-refractivity contribution in [2.45, 2.75) is 40.2 Å². The van der Waals surface area contributed by atoms with E-state index in [0.717, 1.165) is 29.9 Å². The van der Waals surface area contributed by atoms with E-state index < -0.39 is 0 Å². The van der Waals surface area contributed by atoms with Gasteiger partial charge in [-0.05, 0) is 44.0 Å². The summed E-state index contributed by atoms with van der Waals surface area (Å²) >= 11 is 6.15. The van der Waals surface area contributed by atoms with Gasteiger partial charge in [-0.3, -0.25) is 9.48 Å². The van der Waals surface area contributed by atoms with Crippen molar-refractivity contribution in [1.82, 2.24) is 9.78 Å². The van der Waals surface area contributed by atoms with Gasteiger partial charge < -0.3 is 0 Å². The zero-order valence-corrected chi connectivity index (χ0v) is 12.9. The number of nitrogens with zero attached hydrogens (tertiary/aromatic N) is 2. The van der Waals surface area contributed by atoms with E-state index in [-0.39, 0.29) is 5.78 Å². The standard InChI is InChI=1S/C16H19ClN2O/c1-4-12-9-13(19(5-2)18-12)10-16(20)14-7-6-11(3)8-15(14)17/h6-9H,4-5,10H2,1-3H3. The first-order valence-corrected chi connectivity index (χ1v) is 7.27. The quantitative estimate of drug-likeness (QED) is 0.784. The van der Waals surface area contributed by atoms with Crippen LogP contribution < -0.4 is 0 Å². The molecule has 2 rings (SSSR count). The number of carbonyl (C=O) groups is 1. The van der Waals surface area contributed by atoms with E-state index in [1.165, 1.54) is 0 Å². The average Bonchev–Trinajstić information content (AvgIpc) is 2.80. The van der Waals surface area contributed by atoms with Gasteiger partial charge in [-0.2, -0.15) is 5.10 Å². The van der Waals surface area contributed by atoms with Crippen molar-refractivity contribution in [3.8, 4) is 0 Å². The minimum Gasteiger partial charge on any atom is -0.294 e. The Morgan fingerprint density at radius 3 is 2.65 bits per heavy atom. The largest absolute Gasteiger partial charge is 0.294 e. The normalized spacial score (nSPS) is 10.8. The van der Waals surface area contributed by atoms with E-state index in [1.54, 1.807) is 6.07 Å². The summed E-state index contributed by atoms with van der Waals surface area (Å²) in [6.07, 6.45) is 1.21. The van der Waals surface area contributed by atoms with Gasteiger partial charge >= 0.3 is 0 Å². The van der Waals surface area contributed by atoms with Crippen LogP contribution in [-0.2, 0) is 19.4 Å². The molecule has 2 aromatic rings. The van der Waals surface area contributed by atoms with E-state index in [0.29, 0.717) is 17.0 Å². The van der Waals surface area contributed by atoms with Crippen LogP contribution in [0.4, 0.5) is 0 Å². The van der Waals surface area contributed by atoms with Crippen LogP contribution in [0.5, 0.6) is 0 Å². The van der Waals surface area contributed by atoms with E-state index in [1.807, 2.05) is 36.7 Å². The average molecular weight is 291 g/mol. The molecule has 0 aliphatic rings. The number of aromatic nitrogens is 2. The van der Waals surface area contributed by atoms with Gasteiger partial charge in [0.25, 0.3) is 0 Å². The fourth-order valence-electron chi connectivity index (χ4n) is 2.21. The Labute approximate surface area is 124 Å². The SMILES string of the molecule is CCc1cc(CC(=O)c2ccc(C)cc2Cl)n(CC)n1. The topological polar surface area (TPSA) is 34.9 Å². The highest BCUT2D eigenvalue weighted by molar-refractivity contribution is 6.34. The second-order valence-electron chi connectivity index (χ2n) is 4.88. The Morgan fingerprint density at radius 1 is 1.30 bits per heavy atom. The molecule has 0 atom stereocenters. The summed E-state index contributed by atoms with van der Waals surface area (Å²) in [5.41, 5.74) is 3.60. The third kappa shape index (κ3) is 3.10. The molecule has 0 aliphatic carbocycles. The highest BCUT2D eigenvalue weighted by atomic mass is 35.5. The molecule has 0 amide bonds. The summed E-state index contributed by atoms with van der Waals surface area (Å²) in [7, 11) is 0. The molecule has 3 nitrogen and oxygen atoms in total. The van der Waals surface area contributed by atoms with E-state index in [9.17, 15) is 4.79 Å². The smallest absolute Gasteiger partial charge is 0.170 e. The van der Waals surface area contributed by atoms with Crippen molar-refractivity contribution in [2.75, 3.05) is 0 Å².